The number of aromatic hydroxyl groups is 1. The van der Waals surface area contributed by atoms with Crippen LogP contribution in [0.5, 0.6) is 5.75 Å². The number of benzene rings is 1. The van der Waals surface area contributed by atoms with Crippen LogP contribution in [0.1, 0.15) is 49.7 Å². The predicted octanol–water partition coefficient (Wildman–Crippen LogP) is 1.24. The Bertz CT molecular complexity index is 1360. The second-order valence-electron chi connectivity index (χ2n) is 11.2. The standard InChI is InChI=1S/C28H32N2O9/c1-11-13-9-6-10-14(31)16(13)21(32)17-15(11)23(39-27(37)12-7-4-5-8-12)19-20(30(2)3)22(33)18(26(29)36)25(35)28(19,38)24(17)34/h6,9-12,15,19-20,23,31-32,35,38H,4-5,7-8H2,1-3H3,(H2,29,36). The predicted molar refractivity (Wildman–Crippen MR) is 136 cm³/mol. The highest BCUT2D eigenvalue weighted by Crippen LogP contribution is 2.57. The molecule has 4 aliphatic carbocycles. The van der Waals surface area contributed by atoms with Crippen LogP contribution in [0.3, 0.4) is 0 Å². The monoisotopic (exact) mass is 540 g/mol. The van der Waals surface area contributed by atoms with E-state index in [9.17, 15) is 39.6 Å². The molecule has 6 N–H and O–H groups in total. The number of rotatable bonds is 4. The number of ketones is 2. The van der Waals surface area contributed by atoms with Crippen LogP contribution >= 0.6 is 0 Å². The van der Waals surface area contributed by atoms with Crippen LogP contribution in [0.25, 0.3) is 5.76 Å². The number of amides is 1. The van der Waals surface area contributed by atoms with Crippen molar-refractivity contribution < 1.29 is 44.3 Å². The van der Waals surface area contributed by atoms with E-state index >= 15 is 0 Å². The van der Waals surface area contributed by atoms with Gasteiger partial charge in [0, 0.05) is 11.5 Å². The lowest BCUT2D eigenvalue weighted by Gasteiger charge is -2.54. The van der Waals surface area contributed by atoms with Crippen molar-refractivity contribution in [3.8, 4) is 5.75 Å². The number of primary amides is 1. The van der Waals surface area contributed by atoms with Crippen molar-refractivity contribution in [2.45, 2.75) is 56.3 Å². The first kappa shape index (κ1) is 26.9. The number of Topliss-reactive ketones (excluding diaryl/α,β-unsaturated/α-hetero) is 2. The summed E-state index contributed by atoms with van der Waals surface area (Å²) in [6.07, 6.45) is 1.48. The highest BCUT2D eigenvalue weighted by molar-refractivity contribution is 6.24. The summed E-state index contributed by atoms with van der Waals surface area (Å²) in [4.78, 5) is 54.7. The fraction of sp³-hybridized carbons (Fsp3) is 0.500. The summed E-state index contributed by atoms with van der Waals surface area (Å²) in [6, 6.07) is 3.17. The van der Waals surface area contributed by atoms with Crippen molar-refractivity contribution in [2.75, 3.05) is 14.1 Å². The molecule has 0 radical (unpaired) electrons. The van der Waals surface area contributed by atoms with E-state index in [1.165, 1.54) is 25.1 Å². The lowest BCUT2D eigenvalue weighted by atomic mass is 9.54. The molecule has 1 amide bonds. The molecule has 0 bridgehead atoms. The van der Waals surface area contributed by atoms with Crippen LogP contribution in [0.2, 0.25) is 0 Å². The Labute approximate surface area is 224 Å². The number of phenolic OH excluding ortho intramolecular Hbond substituents is 1. The fourth-order valence-corrected chi connectivity index (χ4v) is 7.08. The second kappa shape index (κ2) is 9.20. The summed E-state index contributed by atoms with van der Waals surface area (Å²) in [6.45, 7) is 1.73. The molecule has 2 saturated carbocycles. The molecule has 11 heteroatoms. The van der Waals surface area contributed by atoms with Gasteiger partial charge in [0.1, 0.15) is 28.9 Å². The Morgan fingerprint density at radius 2 is 1.74 bits per heavy atom. The molecule has 2 fully saturated rings. The van der Waals surface area contributed by atoms with Crippen molar-refractivity contribution in [3.05, 3.63) is 46.2 Å². The van der Waals surface area contributed by atoms with E-state index in [1.807, 2.05) is 0 Å². The molecular formula is C28H32N2O9. The summed E-state index contributed by atoms with van der Waals surface area (Å²) >= 11 is 0. The van der Waals surface area contributed by atoms with E-state index in [2.05, 4.69) is 0 Å². The molecule has 0 spiro atoms. The Morgan fingerprint density at radius 3 is 2.33 bits per heavy atom. The first-order valence-corrected chi connectivity index (χ1v) is 13.0. The van der Waals surface area contributed by atoms with Crippen LogP contribution in [0.4, 0.5) is 0 Å². The van der Waals surface area contributed by atoms with E-state index in [0.717, 1.165) is 12.8 Å². The number of carbonyl (C=O) groups is 4. The lowest BCUT2D eigenvalue weighted by molar-refractivity contribution is -0.187. The third-order valence-electron chi connectivity index (χ3n) is 8.91. The maximum Gasteiger partial charge on any atom is 0.309 e. The molecule has 6 unspecified atom stereocenters. The van der Waals surface area contributed by atoms with Crippen LogP contribution in [-0.2, 0) is 23.9 Å². The molecule has 5 rings (SSSR count). The van der Waals surface area contributed by atoms with Gasteiger partial charge in [0.15, 0.2) is 11.4 Å². The van der Waals surface area contributed by atoms with Gasteiger partial charge in [0.25, 0.3) is 5.91 Å². The average molecular weight is 541 g/mol. The zero-order valence-corrected chi connectivity index (χ0v) is 21.9. The zero-order valence-electron chi connectivity index (χ0n) is 21.9. The fourth-order valence-electron chi connectivity index (χ4n) is 7.08. The molecule has 0 heterocycles. The number of aliphatic hydroxyl groups is 3. The molecule has 0 aliphatic heterocycles. The number of fused-ring (bicyclic) bond motifs is 3. The van der Waals surface area contributed by atoms with Crippen LogP contribution in [-0.4, -0.2) is 80.6 Å². The van der Waals surface area contributed by atoms with Crippen LogP contribution in [0, 0.1) is 17.8 Å². The van der Waals surface area contributed by atoms with Gasteiger partial charge < -0.3 is 30.9 Å². The molecule has 1 aromatic rings. The number of nitrogens with two attached hydrogens (primary N) is 1. The Balaban J connectivity index is 1.81. The minimum Gasteiger partial charge on any atom is -0.508 e. The van der Waals surface area contributed by atoms with Crippen molar-refractivity contribution >= 4 is 29.2 Å². The largest absolute Gasteiger partial charge is 0.508 e. The third-order valence-corrected chi connectivity index (χ3v) is 8.91. The Hall–Kier alpha value is -3.70. The zero-order chi connectivity index (χ0) is 28.5. The van der Waals surface area contributed by atoms with Gasteiger partial charge >= 0.3 is 5.97 Å². The minimum absolute atomic E-state index is 0.0258. The van der Waals surface area contributed by atoms with Gasteiger partial charge in [-0.3, -0.25) is 24.1 Å². The summed E-state index contributed by atoms with van der Waals surface area (Å²) in [5.41, 5.74) is 1.60. The van der Waals surface area contributed by atoms with Gasteiger partial charge in [0.2, 0.25) is 5.78 Å². The number of hydrogen-bond acceptors (Lipinski definition) is 10. The van der Waals surface area contributed by atoms with E-state index in [-0.39, 0.29) is 16.9 Å². The molecule has 1 aromatic carbocycles. The second-order valence-corrected chi connectivity index (χ2v) is 11.2. The van der Waals surface area contributed by atoms with Crippen LogP contribution < -0.4 is 5.73 Å². The van der Waals surface area contributed by atoms with Crippen LogP contribution in [0.15, 0.2) is 35.1 Å². The van der Waals surface area contributed by atoms with Gasteiger partial charge in [-0.1, -0.05) is 31.9 Å². The number of esters is 1. The Kier molecular flexibility index (Phi) is 6.34. The van der Waals surface area contributed by atoms with Gasteiger partial charge in [-0.2, -0.15) is 0 Å². The van der Waals surface area contributed by atoms with Crippen molar-refractivity contribution in [2.24, 2.45) is 23.5 Å². The summed E-state index contributed by atoms with van der Waals surface area (Å²) in [5, 5.41) is 45.1. The van der Waals surface area contributed by atoms with E-state index < -0.39 is 82.0 Å². The number of carbonyl (C=O) groups excluding carboxylic acids is 4. The van der Waals surface area contributed by atoms with Crippen molar-refractivity contribution in [1.82, 2.24) is 4.90 Å². The molecule has 11 nitrogen and oxygen atoms in total. The van der Waals surface area contributed by atoms with Gasteiger partial charge in [0.05, 0.1) is 23.4 Å². The highest BCUT2D eigenvalue weighted by atomic mass is 16.5. The SMILES string of the molecule is CC1c2cccc(O)c2C(O)=C2C(=O)C3(O)C(O)=C(C(N)=O)C(=O)C(N(C)C)C3C(OC(=O)C3CCCC3)C21. The summed E-state index contributed by atoms with van der Waals surface area (Å²) in [5.74, 6) is -9.84. The van der Waals surface area contributed by atoms with E-state index in [4.69, 9.17) is 10.5 Å². The van der Waals surface area contributed by atoms with Gasteiger partial charge in [-0.05, 0) is 44.5 Å². The van der Waals surface area contributed by atoms with Crippen molar-refractivity contribution in [1.29, 1.82) is 0 Å². The lowest BCUT2D eigenvalue weighted by Crippen LogP contribution is -2.71. The smallest absolute Gasteiger partial charge is 0.309 e. The number of likely N-dealkylation sites (N-methyl/N-ethyl adjacent to an activating group) is 1. The normalized spacial score (nSPS) is 32.7. The maximum absolute atomic E-state index is 14.2. The number of phenols is 1. The first-order chi connectivity index (χ1) is 18.3. The number of ether oxygens (including phenoxy) is 1. The number of hydrogen-bond donors (Lipinski definition) is 5. The quantitative estimate of drug-likeness (QED) is 0.275. The van der Waals surface area contributed by atoms with Crippen molar-refractivity contribution in [3.63, 3.8) is 0 Å². The van der Waals surface area contributed by atoms with Gasteiger partial charge in [-0.25, -0.2) is 0 Å². The molecule has 4 aliphatic rings. The third kappa shape index (κ3) is 3.63. The van der Waals surface area contributed by atoms with E-state index in [1.54, 1.807) is 19.1 Å². The summed E-state index contributed by atoms with van der Waals surface area (Å²) < 4.78 is 6.08. The molecule has 0 aromatic heterocycles. The summed E-state index contributed by atoms with van der Waals surface area (Å²) in [7, 11) is 2.98. The topological polar surface area (TPSA) is 188 Å². The Morgan fingerprint density at radius 1 is 1.10 bits per heavy atom. The molecule has 208 valence electrons. The molecule has 0 saturated heterocycles. The first-order valence-electron chi connectivity index (χ1n) is 13.0. The minimum atomic E-state index is -2.94. The number of aliphatic hydroxyl groups excluding tert-OH is 2. The maximum atomic E-state index is 14.2. The van der Waals surface area contributed by atoms with Gasteiger partial charge in [-0.15, -0.1) is 0 Å². The molecule has 6 atom stereocenters. The number of nitrogens with zero attached hydrogens (tertiary/aromatic N) is 1. The molecular weight excluding hydrogens is 508 g/mol. The van der Waals surface area contributed by atoms with E-state index in [0.29, 0.717) is 18.4 Å². The average Bonchev–Trinajstić information content (AvgIpc) is 3.41. The highest BCUT2D eigenvalue weighted by Gasteiger charge is 2.69. The molecule has 39 heavy (non-hydrogen) atoms.